The zero-order valence-corrected chi connectivity index (χ0v) is 16.5. The lowest BCUT2D eigenvalue weighted by molar-refractivity contribution is -0.129. The molecule has 0 spiro atoms. The molecule has 1 fully saturated rings. The lowest BCUT2D eigenvalue weighted by Crippen LogP contribution is -2.51. The predicted octanol–water partition coefficient (Wildman–Crippen LogP) is 2.69. The van der Waals surface area contributed by atoms with E-state index in [1.54, 1.807) is 20.1 Å². The van der Waals surface area contributed by atoms with E-state index in [0.29, 0.717) is 54.0 Å². The highest BCUT2D eigenvalue weighted by Gasteiger charge is 2.42. The quantitative estimate of drug-likeness (QED) is 0.664. The van der Waals surface area contributed by atoms with Gasteiger partial charge in [-0.1, -0.05) is 28.9 Å². The molecular formula is C19H26ClN3O4. The highest BCUT2D eigenvalue weighted by atomic mass is 35.5. The molecule has 0 amide bonds. The number of nitrogens with one attached hydrogen (secondary N) is 1. The monoisotopic (exact) mass is 395 g/mol. The Morgan fingerprint density at radius 2 is 2.26 bits per heavy atom. The van der Waals surface area contributed by atoms with Crippen molar-refractivity contribution in [3.8, 4) is 11.5 Å². The third kappa shape index (κ3) is 4.50. The maximum absolute atomic E-state index is 11.8. The van der Waals surface area contributed by atoms with Crippen molar-refractivity contribution in [2.75, 3.05) is 33.4 Å². The van der Waals surface area contributed by atoms with Gasteiger partial charge in [-0.05, 0) is 32.3 Å². The minimum absolute atomic E-state index is 0.298. The number of benzene rings is 1. The number of ether oxygens (including phenoxy) is 2. The fraction of sp³-hybridized carbons (Fsp3) is 0.579. The van der Waals surface area contributed by atoms with Crippen LogP contribution in [-0.4, -0.2) is 54.8 Å². The fourth-order valence-electron chi connectivity index (χ4n) is 3.48. The number of morpholine rings is 1. The summed E-state index contributed by atoms with van der Waals surface area (Å²) in [7, 11) is 1.67. The van der Waals surface area contributed by atoms with Crippen molar-refractivity contribution in [3.63, 3.8) is 0 Å². The standard InChI is InChI=1S/C19H26ClN3O4/c1-13-22-18(27-23-13)17-14(6-5-7-15(17)20)19(24,8-3-4-10-25-2)16-12-21-9-11-26-16/h5-7,16,21,24H,3-4,8-12H2,1-2H3/t16-,19?/m1/s1. The van der Waals surface area contributed by atoms with Crippen molar-refractivity contribution in [1.29, 1.82) is 0 Å². The first-order valence-corrected chi connectivity index (χ1v) is 9.57. The van der Waals surface area contributed by atoms with Crippen molar-refractivity contribution in [1.82, 2.24) is 15.5 Å². The van der Waals surface area contributed by atoms with Crippen LogP contribution >= 0.6 is 11.6 Å². The van der Waals surface area contributed by atoms with Crippen LogP contribution in [-0.2, 0) is 15.1 Å². The molecule has 0 saturated carbocycles. The smallest absolute Gasteiger partial charge is 0.259 e. The van der Waals surface area contributed by atoms with Crippen molar-refractivity contribution in [3.05, 3.63) is 34.6 Å². The molecule has 1 aromatic carbocycles. The molecule has 7 nitrogen and oxygen atoms in total. The molecule has 1 aliphatic rings. The predicted molar refractivity (Wildman–Crippen MR) is 102 cm³/mol. The number of rotatable bonds is 8. The number of nitrogens with zero attached hydrogens (tertiary/aromatic N) is 2. The Hall–Kier alpha value is -1.51. The molecule has 0 bridgehead atoms. The molecule has 0 radical (unpaired) electrons. The minimum atomic E-state index is -1.25. The largest absolute Gasteiger partial charge is 0.385 e. The minimum Gasteiger partial charge on any atom is -0.385 e. The number of halogens is 1. The van der Waals surface area contributed by atoms with Gasteiger partial charge in [-0.25, -0.2) is 0 Å². The second-order valence-electron chi connectivity index (χ2n) is 6.75. The van der Waals surface area contributed by atoms with Gasteiger partial charge < -0.3 is 24.4 Å². The molecule has 3 rings (SSSR count). The van der Waals surface area contributed by atoms with Crippen molar-refractivity contribution >= 4 is 11.6 Å². The third-order valence-electron chi connectivity index (χ3n) is 4.84. The SMILES string of the molecule is COCCCCC(O)(c1cccc(Cl)c1-c1nc(C)no1)[C@H]1CNCCO1. The maximum atomic E-state index is 11.8. The van der Waals surface area contributed by atoms with E-state index in [1.165, 1.54) is 0 Å². The summed E-state index contributed by atoms with van der Waals surface area (Å²) in [6, 6.07) is 5.43. The second kappa shape index (κ2) is 9.12. The first-order chi connectivity index (χ1) is 13.1. The van der Waals surface area contributed by atoms with E-state index in [0.717, 1.165) is 19.4 Å². The van der Waals surface area contributed by atoms with Crippen molar-refractivity contribution < 1.29 is 19.1 Å². The van der Waals surface area contributed by atoms with Gasteiger partial charge in [-0.3, -0.25) is 0 Å². The number of unbranched alkanes of at least 4 members (excludes halogenated alkanes) is 1. The van der Waals surface area contributed by atoms with E-state index in [2.05, 4.69) is 15.5 Å². The molecule has 27 heavy (non-hydrogen) atoms. The van der Waals surface area contributed by atoms with Crippen LogP contribution < -0.4 is 5.32 Å². The van der Waals surface area contributed by atoms with E-state index < -0.39 is 11.7 Å². The van der Waals surface area contributed by atoms with Crippen molar-refractivity contribution in [2.24, 2.45) is 0 Å². The molecule has 1 aliphatic heterocycles. The lowest BCUT2D eigenvalue weighted by Gasteiger charge is -2.40. The molecule has 1 unspecified atom stereocenters. The van der Waals surface area contributed by atoms with Crippen molar-refractivity contribution in [2.45, 2.75) is 37.9 Å². The number of hydrogen-bond acceptors (Lipinski definition) is 7. The van der Waals surface area contributed by atoms with Gasteiger partial charge in [-0.15, -0.1) is 0 Å². The summed E-state index contributed by atoms with van der Waals surface area (Å²) < 4.78 is 16.4. The molecule has 1 saturated heterocycles. The van der Waals surface area contributed by atoms with Gasteiger partial charge in [0.15, 0.2) is 5.82 Å². The summed E-state index contributed by atoms with van der Waals surface area (Å²) in [5.74, 6) is 0.808. The molecule has 148 valence electrons. The van der Waals surface area contributed by atoms with Crippen LogP contribution in [0.2, 0.25) is 5.02 Å². The average molecular weight is 396 g/mol. The summed E-state index contributed by atoms with van der Waals surface area (Å²) in [5.41, 5.74) is -0.0445. The second-order valence-corrected chi connectivity index (χ2v) is 7.15. The van der Waals surface area contributed by atoms with Gasteiger partial charge >= 0.3 is 0 Å². The lowest BCUT2D eigenvalue weighted by atomic mass is 9.80. The molecule has 8 heteroatoms. The molecule has 0 aliphatic carbocycles. The highest BCUT2D eigenvalue weighted by molar-refractivity contribution is 6.33. The highest BCUT2D eigenvalue weighted by Crippen LogP contribution is 2.41. The molecular weight excluding hydrogens is 370 g/mol. The molecule has 2 heterocycles. The first-order valence-electron chi connectivity index (χ1n) is 9.19. The number of methoxy groups -OCH3 is 1. The Balaban J connectivity index is 2.02. The number of aryl methyl sites for hydroxylation is 1. The number of aromatic nitrogens is 2. The molecule has 2 N–H and O–H groups in total. The number of aliphatic hydroxyl groups is 1. The zero-order chi connectivity index (χ0) is 19.3. The topological polar surface area (TPSA) is 89.6 Å². The summed E-state index contributed by atoms with van der Waals surface area (Å²) in [4.78, 5) is 4.32. The van der Waals surface area contributed by atoms with E-state index in [-0.39, 0.29) is 0 Å². The van der Waals surface area contributed by atoms with Gasteiger partial charge in [0.1, 0.15) is 11.7 Å². The van der Waals surface area contributed by atoms with E-state index in [1.807, 2.05) is 12.1 Å². The Morgan fingerprint density at radius 3 is 2.93 bits per heavy atom. The Labute approximate surface area is 164 Å². The summed E-state index contributed by atoms with van der Waals surface area (Å²) >= 11 is 6.49. The normalized spacial score (nSPS) is 19.8. The number of hydrogen-bond donors (Lipinski definition) is 2. The molecule has 2 aromatic rings. The summed E-state index contributed by atoms with van der Waals surface area (Å²) in [5, 5.41) is 19.4. The average Bonchev–Trinajstić information content (AvgIpc) is 3.11. The van der Waals surface area contributed by atoms with Crippen LogP contribution in [0.15, 0.2) is 22.7 Å². The van der Waals surface area contributed by atoms with Gasteiger partial charge in [0, 0.05) is 32.4 Å². The summed E-state index contributed by atoms with van der Waals surface area (Å²) in [6.07, 6.45) is 1.71. The first kappa shape index (κ1) is 20.2. The molecule has 2 atom stereocenters. The Bertz CT molecular complexity index is 748. The van der Waals surface area contributed by atoms with Gasteiger partial charge in [-0.2, -0.15) is 4.98 Å². The van der Waals surface area contributed by atoms with Crippen LogP contribution in [0.4, 0.5) is 0 Å². The molecule has 1 aromatic heterocycles. The van der Waals surface area contributed by atoms with Crippen LogP contribution in [0.5, 0.6) is 0 Å². The van der Waals surface area contributed by atoms with Crippen LogP contribution in [0.1, 0.15) is 30.7 Å². The van der Waals surface area contributed by atoms with Gasteiger partial charge in [0.05, 0.1) is 17.2 Å². The van der Waals surface area contributed by atoms with Crippen LogP contribution in [0.25, 0.3) is 11.5 Å². The van der Waals surface area contributed by atoms with E-state index in [4.69, 9.17) is 25.6 Å². The van der Waals surface area contributed by atoms with Gasteiger partial charge in [0.2, 0.25) is 0 Å². The third-order valence-corrected chi connectivity index (χ3v) is 5.15. The van der Waals surface area contributed by atoms with Crippen LogP contribution in [0, 0.1) is 6.92 Å². The van der Waals surface area contributed by atoms with E-state index >= 15 is 0 Å². The Morgan fingerprint density at radius 1 is 1.41 bits per heavy atom. The van der Waals surface area contributed by atoms with Crippen LogP contribution in [0.3, 0.4) is 0 Å². The summed E-state index contributed by atoms with van der Waals surface area (Å²) in [6.45, 7) is 4.25. The fourth-order valence-corrected chi connectivity index (χ4v) is 3.74. The zero-order valence-electron chi connectivity index (χ0n) is 15.7. The van der Waals surface area contributed by atoms with E-state index in [9.17, 15) is 5.11 Å². The maximum Gasteiger partial charge on any atom is 0.259 e. The Kier molecular flexibility index (Phi) is 6.83. The van der Waals surface area contributed by atoms with Gasteiger partial charge in [0.25, 0.3) is 5.89 Å².